The Morgan fingerprint density at radius 2 is 2.23 bits per heavy atom. The van der Waals surface area contributed by atoms with Crippen molar-refractivity contribution in [3.8, 4) is 11.8 Å². The van der Waals surface area contributed by atoms with Gasteiger partial charge in [0, 0.05) is 5.56 Å². The van der Waals surface area contributed by atoms with Crippen LogP contribution in [0.15, 0.2) is 30.9 Å². The highest BCUT2D eigenvalue weighted by Gasteiger charge is 2.11. The predicted octanol–water partition coefficient (Wildman–Crippen LogP) is 1.48. The molecular formula is C10H9NO2. The van der Waals surface area contributed by atoms with Gasteiger partial charge in [-0.05, 0) is 6.07 Å². The first-order chi connectivity index (χ1) is 6.20. The third-order valence-corrected chi connectivity index (χ3v) is 1.73. The first kappa shape index (κ1) is 9.30. The Bertz CT molecular complexity index is 366. The van der Waals surface area contributed by atoms with Crippen LogP contribution < -0.4 is 0 Å². The van der Waals surface area contributed by atoms with Crippen molar-refractivity contribution in [3.63, 3.8) is 0 Å². The van der Waals surface area contributed by atoms with Crippen LogP contribution in [0.3, 0.4) is 0 Å². The molecule has 0 radical (unpaired) electrons. The SMILES string of the molecule is C=CC(O)c1cccc(O)c1C#N. The lowest BCUT2D eigenvalue weighted by Crippen LogP contribution is -1.96. The zero-order chi connectivity index (χ0) is 9.84. The van der Waals surface area contributed by atoms with Gasteiger partial charge in [0.05, 0.1) is 11.7 Å². The number of hydrogen-bond donors (Lipinski definition) is 2. The molecule has 0 saturated carbocycles. The van der Waals surface area contributed by atoms with Crippen molar-refractivity contribution in [2.45, 2.75) is 6.10 Å². The molecule has 3 heteroatoms. The molecule has 13 heavy (non-hydrogen) atoms. The van der Waals surface area contributed by atoms with E-state index in [1.807, 2.05) is 6.07 Å². The van der Waals surface area contributed by atoms with Crippen molar-refractivity contribution in [2.75, 3.05) is 0 Å². The monoisotopic (exact) mass is 175 g/mol. The quantitative estimate of drug-likeness (QED) is 0.669. The summed E-state index contributed by atoms with van der Waals surface area (Å²) in [6.45, 7) is 3.40. The first-order valence-corrected chi connectivity index (χ1v) is 3.73. The van der Waals surface area contributed by atoms with E-state index < -0.39 is 6.10 Å². The lowest BCUT2D eigenvalue weighted by molar-refractivity contribution is 0.228. The van der Waals surface area contributed by atoms with E-state index in [2.05, 4.69) is 6.58 Å². The van der Waals surface area contributed by atoms with E-state index in [-0.39, 0.29) is 11.3 Å². The van der Waals surface area contributed by atoms with Gasteiger partial charge in [-0.15, -0.1) is 6.58 Å². The van der Waals surface area contributed by atoms with Crippen LogP contribution in [0, 0.1) is 11.3 Å². The van der Waals surface area contributed by atoms with Crippen molar-refractivity contribution in [1.82, 2.24) is 0 Å². The Balaban J connectivity index is 3.29. The molecule has 0 aliphatic carbocycles. The van der Waals surface area contributed by atoms with Crippen molar-refractivity contribution >= 4 is 0 Å². The molecule has 0 aliphatic heterocycles. The van der Waals surface area contributed by atoms with E-state index in [0.29, 0.717) is 5.56 Å². The normalized spacial score (nSPS) is 11.7. The molecule has 0 heterocycles. The fraction of sp³-hybridized carbons (Fsp3) is 0.100. The number of rotatable bonds is 2. The molecule has 0 amide bonds. The highest BCUT2D eigenvalue weighted by atomic mass is 16.3. The zero-order valence-electron chi connectivity index (χ0n) is 6.94. The summed E-state index contributed by atoms with van der Waals surface area (Å²) in [6, 6.07) is 6.36. The van der Waals surface area contributed by atoms with Crippen LogP contribution in [0.5, 0.6) is 5.75 Å². The lowest BCUT2D eigenvalue weighted by atomic mass is 10.0. The average Bonchev–Trinajstić information content (AvgIpc) is 2.16. The number of hydrogen-bond acceptors (Lipinski definition) is 3. The second-order valence-corrected chi connectivity index (χ2v) is 2.53. The van der Waals surface area contributed by atoms with E-state index in [1.165, 1.54) is 12.1 Å². The number of phenols is 1. The van der Waals surface area contributed by atoms with Gasteiger partial charge < -0.3 is 10.2 Å². The van der Waals surface area contributed by atoms with Crippen LogP contribution in [0.1, 0.15) is 17.2 Å². The minimum atomic E-state index is -0.915. The fourth-order valence-electron chi connectivity index (χ4n) is 1.05. The number of benzene rings is 1. The molecule has 0 saturated heterocycles. The number of nitriles is 1. The maximum absolute atomic E-state index is 9.39. The molecule has 1 aromatic rings. The summed E-state index contributed by atoms with van der Waals surface area (Å²) >= 11 is 0. The molecule has 66 valence electrons. The van der Waals surface area contributed by atoms with Gasteiger partial charge in [0.25, 0.3) is 0 Å². The molecule has 3 nitrogen and oxygen atoms in total. The second-order valence-electron chi connectivity index (χ2n) is 2.53. The Labute approximate surface area is 76.2 Å². The van der Waals surface area contributed by atoms with Crippen LogP contribution in [0.25, 0.3) is 0 Å². The van der Waals surface area contributed by atoms with Crippen LogP contribution >= 0.6 is 0 Å². The molecule has 1 rings (SSSR count). The summed E-state index contributed by atoms with van der Waals surface area (Å²) < 4.78 is 0. The van der Waals surface area contributed by atoms with E-state index >= 15 is 0 Å². The van der Waals surface area contributed by atoms with E-state index in [0.717, 1.165) is 0 Å². The molecule has 1 atom stereocenters. The van der Waals surface area contributed by atoms with Crippen LogP contribution in [-0.4, -0.2) is 10.2 Å². The van der Waals surface area contributed by atoms with Crippen molar-refractivity contribution in [2.24, 2.45) is 0 Å². The van der Waals surface area contributed by atoms with Gasteiger partial charge in [-0.25, -0.2) is 0 Å². The fourth-order valence-corrected chi connectivity index (χ4v) is 1.05. The molecule has 2 N–H and O–H groups in total. The van der Waals surface area contributed by atoms with Gasteiger partial charge in [0.1, 0.15) is 11.8 Å². The minimum absolute atomic E-state index is 0.0925. The second kappa shape index (κ2) is 3.74. The minimum Gasteiger partial charge on any atom is -0.507 e. The summed E-state index contributed by atoms with van der Waals surface area (Å²) in [4.78, 5) is 0. The third-order valence-electron chi connectivity index (χ3n) is 1.73. The molecule has 0 spiro atoms. The van der Waals surface area contributed by atoms with Crippen LogP contribution in [-0.2, 0) is 0 Å². The van der Waals surface area contributed by atoms with E-state index in [1.54, 1.807) is 12.1 Å². The smallest absolute Gasteiger partial charge is 0.133 e. The standard InChI is InChI=1S/C10H9NO2/c1-2-9(12)7-4-3-5-10(13)8(7)6-11/h2-5,9,12-13H,1H2. The van der Waals surface area contributed by atoms with Gasteiger partial charge in [0.2, 0.25) is 0 Å². The topological polar surface area (TPSA) is 64.2 Å². The largest absolute Gasteiger partial charge is 0.507 e. The average molecular weight is 175 g/mol. The lowest BCUT2D eigenvalue weighted by Gasteiger charge is -2.08. The summed E-state index contributed by atoms with van der Waals surface area (Å²) in [6.07, 6.45) is 0.386. The van der Waals surface area contributed by atoms with Crippen molar-refractivity contribution in [3.05, 3.63) is 42.0 Å². The molecule has 0 aromatic heterocycles. The number of aliphatic hydroxyl groups excluding tert-OH is 1. The van der Waals surface area contributed by atoms with E-state index in [4.69, 9.17) is 5.26 Å². The first-order valence-electron chi connectivity index (χ1n) is 3.73. The number of phenolic OH excluding ortho intramolecular Hbond substituents is 1. The van der Waals surface area contributed by atoms with Crippen LogP contribution in [0.4, 0.5) is 0 Å². The van der Waals surface area contributed by atoms with Gasteiger partial charge in [-0.2, -0.15) is 5.26 Å². The Morgan fingerprint density at radius 1 is 1.54 bits per heavy atom. The van der Waals surface area contributed by atoms with Gasteiger partial charge in [-0.1, -0.05) is 18.2 Å². The highest BCUT2D eigenvalue weighted by molar-refractivity contribution is 5.49. The Hall–Kier alpha value is -1.79. The predicted molar refractivity (Wildman–Crippen MR) is 48.0 cm³/mol. The maximum atomic E-state index is 9.39. The third kappa shape index (κ3) is 1.68. The number of aromatic hydroxyl groups is 1. The molecule has 0 bridgehead atoms. The molecule has 0 fully saturated rings. The van der Waals surface area contributed by atoms with Crippen molar-refractivity contribution in [1.29, 1.82) is 5.26 Å². The van der Waals surface area contributed by atoms with Crippen LogP contribution in [0.2, 0.25) is 0 Å². The zero-order valence-corrected chi connectivity index (χ0v) is 6.94. The van der Waals surface area contributed by atoms with Crippen molar-refractivity contribution < 1.29 is 10.2 Å². The molecule has 1 unspecified atom stereocenters. The Kier molecular flexibility index (Phi) is 2.68. The highest BCUT2D eigenvalue weighted by Crippen LogP contribution is 2.25. The molecular weight excluding hydrogens is 166 g/mol. The number of nitrogens with zero attached hydrogens (tertiary/aromatic N) is 1. The van der Waals surface area contributed by atoms with Gasteiger partial charge in [0.15, 0.2) is 0 Å². The molecule has 1 aromatic carbocycles. The van der Waals surface area contributed by atoms with E-state index in [9.17, 15) is 10.2 Å². The summed E-state index contributed by atoms with van der Waals surface area (Å²) in [5.41, 5.74) is 0.465. The van der Waals surface area contributed by atoms with Gasteiger partial charge in [-0.3, -0.25) is 0 Å². The Morgan fingerprint density at radius 3 is 2.77 bits per heavy atom. The summed E-state index contributed by atoms with van der Waals surface area (Å²) in [5.74, 6) is -0.124. The summed E-state index contributed by atoms with van der Waals surface area (Å²) in [7, 11) is 0. The maximum Gasteiger partial charge on any atom is 0.133 e. The summed E-state index contributed by atoms with van der Waals surface area (Å²) in [5, 5.41) is 27.3. The molecule has 0 aliphatic rings. The van der Waals surface area contributed by atoms with Gasteiger partial charge >= 0.3 is 0 Å². The number of aliphatic hydroxyl groups is 1.